The molecule has 0 aliphatic heterocycles. The van der Waals surface area contributed by atoms with Crippen molar-refractivity contribution in [2.45, 2.75) is 14.7 Å². The predicted octanol–water partition coefficient (Wildman–Crippen LogP) is 4.61. The normalized spacial score (nSPS) is 12.4. The van der Waals surface area contributed by atoms with Gasteiger partial charge in [-0.2, -0.15) is 40.2 Å². The quantitative estimate of drug-likeness (QED) is 0.0620. The number of benzene rings is 4. The van der Waals surface area contributed by atoms with Gasteiger partial charge in [-0.25, -0.2) is 0 Å². The SMILES string of the molecule is Nc1c(N=Nc2ccc(Nc3nc(Cl)nc(Nc4cccc(S(=O)(=O)O)c4)n3)cc2S(=O)(=O)O)cc(S(=O)(=O)O)c2cccc(O)c12. The van der Waals surface area contributed by atoms with Crippen LogP contribution in [0.25, 0.3) is 10.8 Å². The van der Waals surface area contributed by atoms with Gasteiger partial charge in [-0.1, -0.05) is 18.2 Å². The fourth-order valence-corrected chi connectivity index (χ4v) is 6.22. The molecule has 4 aromatic carbocycles. The summed E-state index contributed by atoms with van der Waals surface area (Å²) in [5.41, 5.74) is 5.19. The Balaban J connectivity index is 1.49. The Morgan fingerprint density at radius 1 is 0.681 bits per heavy atom. The van der Waals surface area contributed by atoms with E-state index < -0.39 is 56.5 Å². The second-order valence-electron chi connectivity index (χ2n) is 9.34. The Hall–Kier alpha value is -5.03. The van der Waals surface area contributed by atoms with Gasteiger partial charge in [0.05, 0.1) is 16.0 Å². The number of rotatable bonds is 9. The minimum absolute atomic E-state index is 0.0121. The molecule has 0 saturated carbocycles. The molecule has 0 aliphatic carbocycles. The summed E-state index contributed by atoms with van der Waals surface area (Å²) >= 11 is 5.99. The molecule has 1 heterocycles. The highest BCUT2D eigenvalue weighted by molar-refractivity contribution is 7.86. The van der Waals surface area contributed by atoms with Crippen LogP contribution in [0, 0.1) is 0 Å². The van der Waals surface area contributed by atoms with Gasteiger partial charge in [0.15, 0.2) is 0 Å². The molecule has 5 rings (SSSR count). The Bertz CT molecular complexity index is 2450. The molecule has 22 heteroatoms. The largest absolute Gasteiger partial charge is 0.507 e. The third-order valence-corrected chi connectivity index (χ3v) is 8.95. The summed E-state index contributed by atoms with van der Waals surface area (Å²) in [4.78, 5) is 10.0. The summed E-state index contributed by atoms with van der Waals surface area (Å²) in [5.74, 6) is -0.835. The number of nitrogens with two attached hydrogens (primary N) is 1. The molecule has 18 nitrogen and oxygen atoms in total. The lowest BCUT2D eigenvalue weighted by Crippen LogP contribution is -2.05. The van der Waals surface area contributed by atoms with Crippen LogP contribution in [0.4, 0.5) is 40.3 Å². The number of phenols is 1. The van der Waals surface area contributed by atoms with E-state index in [4.69, 9.17) is 17.3 Å². The number of fused-ring (bicyclic) bond motifs is 1. The van der Waals surface area contributed by atoms with Gasteiger partial charge in [-0.3, -0.25) is 13.7 Å². The monoisotopic (exact) mass is 722 g/mol. The zero-order valence-electron chi connectivity index (χ0n) is 23.0. The van der Waals surface area contributed by atoms with Crippen molar-refractivity contribution in [2.75, 3.05) is 16.4 Å². The van der Waals surface area contributed by atoms with E-state index in [0.717, 1.165) is 30.3 Å². The van der Waals surface area contributed by atoms with E-state index in [2.05, 4.69) is 35.8 Å². The Labute approximate surface area is 270 Å². The van der Waals surface area contributed by atoms with Crippen LogP contribution in [0.1, 0.15) is 0 Å². The van der Waals surface area contributed by atoms with Crippen molar-refractivity contribution in [3.05, 3.63) is 72.0 Å². The molecule has 0 bridgehead atoms. The highest BCUT2D eigenvalue weighted by atomic mass is 35.5. The third kappa shape index (κ3) is 7.52. The standard InChI is InChI=1S/C25H19ClN8O10S3/c26-23-30-24(28-12-3-1-4-14(9-12)45(36,37)38)32-25(31-23)29-13-7-8-16(20(10-13)47(42,43)44)33-34-17-11-19(46(39,40)41)15-5-2-6-18(35)21(15)22(17)27/h1-11,35H,27H2,(H,36,37,38)(H,39,40,41)(H,42,43,44)(H2,28,29,30,31,32). The van der Waals surface area contributed by atoms with Crippen molar-refractivity contribution in [3.63, 3.8) is 0 Å². The predicted molar refractivity (Wildman–Crippen MR) is 168 cm³/mol. The number of aromatic hydroxyl groups is 1. The summed E-state index contributed by atoms with van der Waals surface area (Å²) < 4.78 is 100. The highest BCUT2D eigenvalue weighted by Gasteiger charge is 2.22. The van der Waals surface area contributed by atoms with Crippen LogP contribution in [0.15, 0.2) is 91.6 Å². The van der Waals surface area contributed by atoms with Gasteiger partial charge in [0.2, 0.25) is 17.2 Å². The molecule has 1 aromatic heterocycles. The maximum atomic E-state index is 12.3. The molecular weight excluding hydrogens is 704 g/mol. The Kier molecular flexibility index (Phi) is 8.72. The topological polar surface area (TPSA) is 297 Å². The number of phenolic OH excluding ortho intramolecular Hbond substituents is 1. The van der Waals surface area contributed by atoms with Crippen molar-refractivity contribution in [1.29, 1.82) is 0 Å². The van der Waals surface area contributed by atoms with E-state index in [-0.39, 0.29) is 50.7 Å². The summed E-state index contributed by atoms with van der Waals surface area (Å²) in [6.07, 6.45) is 0. The fourth-order valence-electron chi connectivity index (χ4n) is 4.18. The summed E-state index contributed by atoms with van der Waals surface area (Å²) in [7, 11) is -14.3. The molecule has 0 amide bonds. The van der Waals surface area contributed by atoms with E-state index >= 15 is 0 Å². The van der Waals surface area contributed by atoms with Crippen LogP contribution < -0.4 is 16.4 Å². The minimum atomic E-state index is -4.97. The number of halogens is 1. The summed E-state index contributed by atoms with van der Waals surface area (Å²) in [6.45, 7) is 0. The summed E-state index contributed by atoms with van der Waals surface area (Å²) in [5, 5.41) is 22.7. The first-order valence-corrected chi connectivity index (χ1v) is 17.2. The lowest BCUT2D eigenvalue weighted by Gasteiger charge is -2.11. The van der Waals surface area contributed by atoms with Gasteiger partial charge in [0.1, 0.15) is 26.9 Å². The van der Waals surface area contributed by atoms with Crippen molar-refractivity contribution >= 4 is 93.1 Å². The van der Waals surface area contributed by atoms with Gasteiger partial charge in [0.25, 0.3) is 30.4 Å². The first kappa shape index (κ1) is 33.3. The van der Waals surface area contributed by atoms with Crippen LogP contribution in [-0.2, 0) is 30.4 Å². The molecular formula is C25H19ClN8O10S3. The fraction of sp³-hybridized carbons (Fsp3) is 0. The molecule has 0 atom stereocenters. The van der Waals surface area contributed by atoms with Crippen LogP contribution >= 0.6 is 11.6 Å². The third-order valence-electron chi connectivity index (χ3n) is 6.15. The van der Waals surface area contributed by atoms with Gasteiger partial charge in [-0.15, -0.1) is 10.2 Å². The van der Waals surface area contributed by atoms with E-state index in [1.165, 1.54) is 36.4 Å². The van der Waals surface area contributed by atoms with Crippen LogP contribution in [0.2, 0.25) is 5.28 Å². The second kappa shape index (κ2) is 12.3. The zero-order chi connectivity index (χ0) is 34.3. The van der Waals surface area contributed by atoms with Gasteiger partial charge in [0, 0.05) is 16.8 Å². The first-order chi connectivity index (χ1) is 21.9. The second-order valence-corrected chi connectivity index (χ2v) is 13.9. The number of hydrogen-bond acceptors (Lipinski definition) is 15. The minimum Gasteiger partial charge on any atom is -0.507 e. The Morgan fingerprint density at radius 2 is 1.28 bits per heavy atom. The van der Waals surface area contributed by atoms with Crippen LogP contribution in [0.5, 0.6) is 5.75 Å². The van der Waals surface area contributed by atoms with Crippen LogP contribution in [0.3, 0.4) is 0 Å². The van der Waals surface area contributed by atoms with Crippen molar-refractivity contribution in [3.8, 4) is 5.75 Å². The lowest BCUT2D eigenvalue weighted by molar-refractivity contribution is 0.480. The number of nitrogens with zero attached hydrogens (tertiary/aromatic N) is 5. The summed E-state index contributed by atoms with van der Waals surface area (Å²) in [6, 6.07) is 13.1. The maximum absolute atomic E-state index is 12.3. The number of azo groups is 1. The number of hydrogen-bond donors (Lipinski definition) is 7. The highest BCUT2D eigenvalue weighted by Crippen LogP contribution is 2.41. The van der Waals surface area contributed by atoms with E-state index in [0.29, 0.717) is 0 Å². The number of anilines is 5. The van der Waals surface area contributed by atoms with E-state index in [1.807, 2.05) is 0 Å². The van der Waals surface area contributed by atoms with E-state index in [9.17, 15) is 44.0 Å². The molecule has 47 heavy (non-hydrogen) atoms. The average Bonchev–Trinajstić information content (AvgIpc) is 2.95. The van der Waals surface area contributed by atoms with Gasteiger partial charge >= 0.3 is 0 Å². The smallest absolute Gasteiger partial charge is 0.296 e. The molecule has 8 N–H and O–H groups in total. The molecule has 0 aliphatic rings. The van der Waals surface area contributed by atoms with Crippen molar-refractivity contribution < 1.29 is 44.0 Å². The number of nitrogens with one attached hydrogen (secondary N) is 2. The molecule has 0 spiro atoms. The van der Waals surface area contributed by atoms with Crippen molar-refractivity contribution in [2.24, 2.45) is 10.2 Å². The Morgan fingerprint density at radius 3 is 1.89 bits per heavy atom. The number of nitrogen functional groups attached to an aromatic ring is 1. The average molecular weight is 723 g/mol. The first-order valence-electron chi connectivity index (χ1n) is 12.5. The maximum Gasteiger partial charge on any atom is 0.296 e. The lowest BCUT2D eigenvalue weighted by atomic mass is 10.1. The molecule has 0 saturated heterocycles. The van der Waals surface area contributed by atoms with Crippen LogP contribution in [-0.4, -0.2) is 59.0 Å². The van der Waals surface area contributed by atoms with E-state index in [1.54, 1.807) is 0 Å². The molecule has 5 aromatic rings. The molecule has 0 unspecified atom stereocenters. The molecule has 244 valence electrons. The van der Waals surface area contributed by atoms with Gasteiger partial charge < -0.3 is 21.5 Å². The molecule has 0 fully saturated rings. The zero-order valence-corrected chi connectivity index (χ0v) is 26.2. The number of aromatic nitrogens is 3. The van der Waals surface area contributed by atoms with Gasteiger partial charge in [-0.05, 0) is 60.1 Å². The molecule has 0 radical (unpaired) electrons. The van der Waals surface area contributed by atoms with Crippen molar-refractivity contribution in [1.82, 2.24) is 15.0 Å².